The third kappa shape index (κ3) is 4.91. The molecule has 0 heterocycles. The van der Waals surface area contributed by atoms with E-state index in [4.69, 9.17) is 14.6 Å². The first-order valence-corrected chi connectivity index (χ1v) is 6.76. The molecule has 0 bridgehead atoms. The summed E-state index contributed by atoms with van der Waals surface area (Å²) in [6, 6.07) is 5.40. The van der Waals surface area contributed by atoms with Gasteiger partial charge in [-0.2, -0.15) is 0 Å². The number of aliphatic hydroxyl groups excluding tert-OH is 1. The van der Waals surface area contributed by atoms with Gasteiger partial charge in [-0.15, -0.1) is 0 Å². The van der Waals surface area contributed by atoms with Crippen LogP contribution in [-0.4, -0.2) is 30.9 Å². The summed E-state index contributed by atoms with van der Waals surface area (Å²) in [5, 5.41) is 8.69. The fourth-order valence-electron chi connectivity index (χ4n) is 1.82. The van der Waals surface area contributed by atoms with Crippen LogP contribution in [0.4, 0.5) is 0 Å². The molecule has 0 fully saturated rings. The van der Waals surface area contributed by atoms with Gasteiger partial charge in [0, 0.05) is 0 Å². The first-order valence-electron chi connectivity index (χ1n) is 6.76. The zero-order chi connectivity index (χ0) is 14.1. The van der Waals surface area contributed by atoms with Gasteiger partial charge < -0.3 is 14.6 Å². The highest BCUT2D eigenvalue weighted by Crippen LogP contribution is 2.21. The highest BCUT2D eigenvalue weighted by molar-refractivity contribution is 5.91. The minimum absolute atomic E-state index is 0.0270. The van der Waals surface area contributed by atoms with Crippen LogP contribution in [0.3, 0.4) is 0 Å². The van der Waals surface area contributed by atoms with Crippen molar-refractivity contribution in [3.8, 4) is 5.75 Å². The Kier molecular flexibility index (Phi) is 6.97. The van der Waals surface area contributed by atoms with Crippen molar-refractivity contribution in [1.82, 2.24) is 0 Å². The van der Waals surface area contributed by atoms with E-state index in [9.17, 15) is 4.79 Å². The second-order valence-corrected chi connectivity index (χ2v) is 4.22. The fraction of sp³-hybridized carbons (Fsp3) is 0.533. The van der Waals surface area contributed by atoms with Crippen LogP contribution in [0.5, 0.6) is 5.75 Å². The molecule has 1 N–H and O–H groups in total. The summed E-state index contributed by atoms with van der Waals surface area (Å²) in [4.78, 5) is 11.9. The van der Waals surface area contributed by atoms with E-state index in [1.807, 2.05) is 13.0 Å². The molecule has 0 spiro atoms. The van der Waals surface area contributed by atoms with Crippen molar-refractivity contribution in [3.63, 3.8) is 0 Å². The molecule has 0 aliphatic carbocycles. The zero-order valence-corrected chi connectivity index (χ0v) is 11.6. The highest BCUT2D eigenvalue weighted by atomic mass is 16.5. The molecule has 1 aromatic carbocycles. The van der Waals surface area contributed by atoms with Gasteiger partial charge in [-0.05, 0) is 43.5 Å². The SMILES string of the molecule is CCCCc1cc(OCC)ccc1C(=O)OCCO. The molecule has 0 aromatic heterocycles. The van der Waals surface area contributed by atoms with Gasteiger partial charge in [0.25, 0.3) is 0 Å². The van der Waals surface area contributed by atoms with Crippen LogP contribution >= 0.6 is 0 Å². The van der Waals surface area contributed by atoms with Gasteiger partial charge in [0.2, 0.25) is 0 Å². The van der Waals surface area contributed by atoms with Crippen molar-refractivity contribution >= 4 is 5.97 Å². The fourth-order valence-corrected chi connectivity index (χ4v) is 1.82. The van der Waals surface area contributed by atoms with Crippen molar-refractivity contribution in [2.24, 2.45) is 0 Å². The first-order chi connectivity index (χ1) is 9.22. The number of carbonyl (C=O) groups excluding carboxylic acids is 1. The van der Waals surface area contributed by atoms with Gasteiger partial charge in [-0.1, -0.05) is 13.3 Å². The molecule has 106 valence electrons. The van der Waals surface area contributed by atoms with Crippen molar-refractivity contribution < 1.29 is 19.4 Å². The lowest BCUT2D eigenvalue weighted by molar-refractivity contribution is 0.0432. The van der Waals surface area contributed by atoms with E-state index < -0.39 is 0 Å². The molecule has 0 unspecified atom stereocenters. The third-order valence-corrected chi connectivity index (χ3v) is 2.73. The van der Waals surface area contributed by atoms with E-state index in [1.165, 1.54) is 0 Å². The molecule has 0 amide bonds. The molecule has 4 heteroatoms. The van der Waals surface area contributed by atoms with E-state index in [-0.39, 0.29) is 19.2 Å². The Morgan fingerprint density at radius 3 is 2.74 bits per heavy atom. The number of hydrogen-bond donors (Lipinski definition) is 1. The van der Waals surface area contributed by atoms with Crippen LogP contribution in [0.2, 0.25) is 0 Å². The van der Waals surface area contributed by atoms with Crippen LogP contribution in [0.15, 0.2) is 18.2 Å². The molecule has 1 aromatic rings. The number of hydrogen-bond acceptors (Lipinski definition) is 4. The van der Waals surface area contributed by atoms with Crippen molar-refractivity contribution in [3.05, 3.63) is 29.3 Å². The monoisotopic (exact) mass is 266 g/mol. The molecule has 4 nitrogen and oxygen atoms in total. The van der Waals surface area contributed by atoms with E-state index >= 15 is 0 Å². The van der Waals surface area contributed by atoms with Gasteiger partial charge in [-0.25, -0.2) is 4.79 Å². The van der Waals surface area contributed by atoms with Crippen molar-refractivity contribution in [2.75, 3.05) is 19.8 Å². The quantitative estimate of drug-likeness (QED) is 0.735. The summed E-state index contributed by atoms with van der Waals surface area (Å²) in [5.41, 5.74) is 1.50. The molecular formula is C15H22O4. The second-order valence-electron chi connectivity index (χ2n) is 4.22. The predicted molar refractivity (Wildman–Crippen MR) is 73.6 cm³/mol. The Balaban J connectivity index is 2.90. The summed E-state index contributed by atoms with van der Waals surface area (Å²) in [6.45, 7) is 4.50. The lowest BCUT2D eigenvalue weighted by Crippen LogP contribution is -2.11. The molecule has 0 saturated carbocycles. The van der Waals surface area contributed by atoms with Gasteiger partial charge >= 0.3 is 5.97 Å². The number of esters is 1. The maximum absolute atomic E-state index is 11.9. The topological polar surface area (TPSA) is 55.8 Å². The number of aliphatic hydroxyl groups is 1. The second kappa shape index (κ2) is 8.53. The predicted octanol–water partition coefficient (Wildman–Crippen LogP) is 2.58. The number of aryl methyl sites for hydroxylation is 1. The van der Waals surface area contributed by atoms with Crippen LogP contribution in [-0.2, 0) is 11.2 Å². The largest absolute Gasteiger partial charge is 0.494 e. The number of ether oxygens (including phenoxy) is 2. The highest BCUT2D eigenvalue weighted by Gasteiger charge is 2.13. The van der Waals surface area contributed by atoms with Crippen LogP contribution in [0, 0.1) is 0 Å². The lowest BCUT2D eigenvalue weighted by Gasteiger charge is -2.11. The summed E-state index contributed by atoms with van der Waals surface area (Å²) in [5.74, 6) is 0.385. The van der Waals surface area contributed by atoms with Gasteiger partial charge in [0.15, 0.2) is 0 Å². The molecular weight excluding hydrogens is 244 g/mol. The van der Waals surface area contributed by atoms with Gasteiger partial charge in [-0.3, -0.25) is 0 Å². The summed E-state index contributed by atoms with van der Waals surface area (Å²) in [7, 11) is 0. The van der Waals surface area contributed by atoms with Crippen molar-refractivity contribution in [1.29, 1.82) is 0 Å². The van der Waals surface area contributed by atoms with Crippen LogP contribution in [0.1, 0.15) is 42.6 Å². The lowest BCUT2D eigenvalue weighted by atomic mass is 10.0. The Bertz CT molecular complexity index is 401. The minimum Gasteiger partial charge on any atom is -0.494 e. The Morgan fingerprint density at radius 1 is 1.32 bits per heavy atom. The molecule has 0 aliphatic rings. The van der Waals surface area contributed by atoms with E-state index in [0.717, 1.165) is 30.6 Å². The number of rotatable bonds is 8. The molecule has 0 atom stereocenters. The molecule has 0 saturated heterocycles. The number of carbonyl (C=O) groups is 1. The maximum atomic E-state index is 11.9. The Morgan fingerprint density at radius 2 is 2.11 bits per heavy atom. The summed E-state index contributed by atoms with van der Waals surface area (Å²) < 4.78 is 10.4. The molecule has 0 aliphatic heterocycles. The summed E-state index contributed by atoms with van der Waals surface area (Å²) in [6.07, 6.45) is 2.89. The number of unbranched alkanes of at least 4 members (excludes halogenated alkanes) is 1. The molecule has 0 radical (unpaired) electrons. The minimum atomic E-state index is -0.386. The van der Waals surface area contributed by atoms with E-state index in [1.54, 1.807) is 12.1 Å². The smallest absolute Gasteiger partial charge is 0.338 e. The standard InChI is InChI=1S/C15H22O4/c1-3-5-6-12-11-13(18-4-2)7-8-14(12)15(17)19-10-9-16/h7-8,11,16H,3-6,9-10H2,1-2H3. The molecule has 19 heavy (non-hydrogen) atoms. The average molecular weight is 266 g/mol. The van der Waals surface area contributed by atoms with E-state index in [2.05, 4.69) is 6.92 Å². The molecule has 1 rings (SSSR count). The van der Waals surface area contributed by atoms with Gasteiger partial charge in [0.1, 0.15) is 12.4 Å². The van der Waals surface area contributed by atoms with Gasteiger partial charge in [0.05, 0.1) is 18.8 Å². The third-order valence-electron chi connectivity index (χ3n) is 2.73. The average Bonchev–Trinajstić information content (AvgIpc) is 2.43. The first kappa shape index (κ1) is 15.5. The normalized spacial score (nSPS) is 10.3. The summed E-state index contributed by atoms with van der Waals surface area (Å²) >= 11 is 0. The van der Waals surface area contributed by atoms with E-state index in [0.29, 0.717) is 12.2 Å². The zero-order valence-electron chi connectivity index (χ0n) is 11.6. The Labute approximate surface area is 114 Å². The van der Waals surface area contributed by atoms with Crippen LogP contribution in [0.25, 0.3) is 0 Å². The number of benzene rings is 1. The maximum Gasteiger partial charge on any atom is 0.338 e. The van der Waals surface area contributed by atoms with Crippen LogP contribution < -0.4 is 4.74 Å². The Hall–Kier alpha value is -1.55. The van der Waals surface area contributed by atoms with Crippen molar-refractivity contribution in [2.45, 2.75) is 33.1 Å².